The van der Waals surface area contributed by atoms with Crippen molar-refractivity contribution in [2.75, 3.05) is 20.2 Å². The molecule has 0 aliphatic carbocycles. The molecule has 1 aliphatic heterocycles. The van der Waals surface area contributed by atoms with Crippen LogP contribution in [0.25, 0.3) is 5.57 Å². The summed E-state index contributed by atoms with van der Waals surface area (Å²) in [5.74, 6) is 0.682. The summed E-state index contributed by atoms with van der Waals surface area (Å²) in [6.45, 7) is 1.43. The number of ether oxygens (including phenoxy) is 1. The minimum absolute atomic E-state index is 0.615. The minimum Gasteiger partial charge on any atom is -0.495 e. The molecular formula is C13H14ClNO2. The fourth-order valence-electron chi connectivity index (χ4n) is 1.91. The number of rotatable bonds is 3. The summed E-state index contributed by atoms with van der Waals surface area (Å²) >= 11 is 6.09. The molecule has 0 saturated carbocycles. The second kappa shape index (κ2) is 5.23. The molecule has 0 unspecified atom stereocenters. The number of methoxy groups -OCH3 is 1. The van der Waals surface area contributed by atoms with E-state index in [1.165, 1.54) is 5.57 Å². The van der Waals surface area contributed by atoms with Gasteiger partial charge in [0.25, 0.3) is 0 Å². The lowest BCUT2D eigenvalue weighted by molar-refractivity contribution is -0.117. The standard InChI is InChI=1S/C13H14ClNO2/c1-17-13-3-2-11(8-12(13)14)10-4-6-15(9-16)7-5-10/h2-4,8-9H,5-7H2,1H3. The van der Waals surface area contributed by atoms with E-state index >= 15 is 0 Å². The van der Waals surface area contributed by atoms with E-state index in [1.54, 1.807) is 12.0 Å². The van der Waals surface area contributed by atoms with Crippen molar-refractivity contribution < 1.29 is 9.53 Å². The molecule has 0 aromatic heterocycles. The van der Waals surface area contributed by atoms with Crippen molar-refractivity contribution in [2.45, 2.75) is 6.42 Å². The average molecular weight is 252 g/mol. The first-order chi connectivity index (χ1) is 8.24. The first-order valence-electron chi connectivity index (χ1n) is 5.47. The quantitative estimate of drug-likeness (QED) is 0.773. The zero-order valence-electron chi connectivity index (χ0n) is 9.65. The lowest BCUT2D eigenvalue weighted by Crippen LogP contribution is -2.26. The molecule has 1 heterocycles. The van der Waals surface area contributed by atoms with Crippen molar-refractivity contribution >= 4 is 23.6 Å². The Morgan fingerprint density at radius 3 is 2.82 bits per heavy atom. The molecule has 1 aromatic rings. The van der Waals surface area contributed by atoms with Gasteiger partial charge in [-0.1, -0.05) is 23.7 Å². The molecule has 0 spiro atoms. The second-order valence-electron chi connectivity index (χ2n) is 3.93. The zero-order valence-corrected chi connectivity index (χ0v) is 10.4. The molecule has 3 nitrogen and oxygen atoms in total. The zero-order chi connectivity index (χ0) is 12.3. The Bertz CT molecular complexity index is 457. The van der Waals surface area contributed by atoms with Crippen molar-refractivity contribution in [3.63, 3.8) is 0 Å². The number of carbonyl (C=O) groups excluding carboxylic acids is 1. The van der Waals surface area contributed by atoms with Gasteiger partial charge in [0, 0.05) is 13.1 Å². The highest BCUT2D eigenvalue weighted by atomic mass is 35.5. The highest BCUT2D eigenvalue weighted by molar-refractivity contribution is 6.32. The van der Waals surface area contributed by atoms with Crippen LogP contribution in [0.1, 0.15) is 12.0 Å². The number of nitrogens with zero attached hydrogens (tertiary/aromatic N) is 1. The van der Waals surface area contributed by atoms with E-state index in [0.717, 1.165) is 24.9 Å². The minimum atomic E-state index is 0.615. The third-order valence-corrected chi connectivity index (χ3v) is 3.21. The summed E-state index contributed by atoms with van der Waals surface area (Å²) in [4.78, 5) is 12.3. The van der Waals surface area contributed by atoms with Crippen LogP contribution in [0.3, 0.4) is 0 Å². The van der Waals surface area contributed by atoms with Gasteiger partial charge in [0.2, 0.25) is 6.41 Å². The van der Waals surface area contributed by atoms with Gasteiger partial charge in [-0.2, -0.15) is 0 Å². The van der Waals surface area contributed by atoms with Crippen LogP contribution in [0.2, 0.25) is 5.02 Å². The normalized spacial score (nSPS) is 15.4. The lowest BCUT2D eigenvalue weighted by Gasteiger charge is -2.22. The Hall–Kier alpha value is -1.48. The Morgan fingerprint density at radius 1 is 1.47 bits per heavy atom. The fraction of sp³-hybridized carbons (Fsp3) is 0.308. The lowest BCUT2D eigenvalue weighted by atomic mass is 10.00. The molecule has 17 heavy (non-hydrogen) atoms. The van der Waals surface area contributed by atoms with Gasteiger partial charge in [-0.25, -0.2) is 0 Å². The van der Waals surface area contributed by atoms with Gasteiger partial charge in [0.1, 0.15) is 5.75 Å². The Balaban J connectivity index is 2.21. The molecule has 0 saturated heterocycles. The predicted molar refractivity (Wildman–Crippen MR) is 68.2 cm³/mol. The monoisotopic (exact) mass is 251 g/mol. The van der Waals surface area contributed by atoms with E-state index in [9.17, 15) is 4.79 Å². The van der Waals surface area contributed by atoms with Gasteiger partial charge < -0.3 is 9.64 Å². The summed E-state index contributed by atoms with van der Waals surface area (Å²) in [6.07, 6.45) is 3.81. The number of halogens is 1. The first-order valence-corrected chi connectivity index (χ1v) is 5.84. The fourth-order valence-corrected chi connectivity index (χ4v) is 2.17. The summed E-state index contributed by atoms with van der Waals surface area (Å²) in [7, 11) is 1.60. The Kier molecular flexibility index (Phi) is 3.69. The molecule has 0 bridgehead atoms. The molecular weight excluding hydrogens is 238 g/mol. The van der Waals surface area contributed by atoms with Crippen LogP contribution >= 0.6 is 11.6 Å². The van der Waals surface area contributed by atoms with Crippen LogP contribution in [0, 0.1) is 0 Å². The highest BCUT2D eigenvalue weighted by Crippen LogP contribution is 2.30. The van der Waals surface area contributed by atoms with Crippen LogP contribution in [-0.4, -0.2) is 31.5 Å². The van der Waals surface area contributed by atoms with Crippen LogP contribution in [-0.2, 0) is 4.79 Å². The Labute approximate surface area is 106 Å². The van der Waals surface area contributed by atoms with Crippen molar-refractivity contribution in [1.29, 1.82) is 0 Å². The third-order valence-electron chi connectivity index (χ3n) is 2.91. The number of hydrogen-bond donors (Lipinski definition) is 0. The number of benzene rings is 1. The van der Waals surface area contributed by atoms with Gasteiger partial charge in [0.15, 0.2) is 0 Å². The number of amides is 1. The van der Waals surface area contributed by atoms with Gasteiger partial charge >= 0.3 is 0 Å². The highest BCUT2D eigenvalue weighted by Gasteiger charge is 2.12. The smallest absolute Gasteiger partial charge is 0.209 e. The first kappa shape index (κ1) is 12.0. The largest absolute Gasteiger partial charge is 0.495 e. The molecule has 1 aromatic carbocycles. The molecule has 2 rings (SSSR count). The molecule has 0 fully saturated rings. The van der Waals surface area contributed by atoms with Crippen LogP contribution in [0.15, 0.2) is 24.3 Å². The molecule has 1 amide bonds. The van der Waals surface area contributed by atoms with Crippen LogP contribution in [0.4, 0.5) is 0 Å². The van der Waals surface area contributed by atoms with E-state index < -0.39 is 0 Å². The predicted octanol–water partition coefficient (Wildman–Crippen LogP) is 2.59. The van der Waals surface area contributed by atoms with E-state index in [1.807, 2.05) is 18.2 Å². The van der Waals surface area contributed by atoms with E-state index in [0.29, 0.717) is 17.3 Å². The van der Waals surface area contributed by atoms with Crippen molar-refractivity contribution in [2.24, 2.45) is 0 Å². The third kappa shape index (κ3) is 2.61. The van der Waals surface area contributed by atoms with Crippen molar-refractivity contribution in [3.8, 4) is 5.75 Å². The topological polar surface area (TPSA) is 29.5 Å². The maximum absolute atomic E-state index is 10.6. The SMILES string of the molecule is COc1ccc(C2=CCN(C=O)CC2)cc1Cl. The molecule has 4 heteroatoms. The molecule has 0 atom stereocenters. The molecule has 90 valence electrons. The van der Waals surface area contributed by atoms with E-state index in [2.05, 4.69) is 6.08 Å². The molecule has 0 N–H and O–H groups in total. The van der Waals surface area contributed by atoms with Crippen molar-refractivity contribution in [3.05, 3.63) is 34.9 Å². The maximum atomic E-state index is 10.6. The van der Waals surface area contributed by atoms with Crippen molar-refractivity contribution in [1.82, 2.24) is 4.90 Å². The summed E-state index contributed by atoms with van der Waals surface area (Å²) in [5.41, 5.74) is 2.33. The van der Waals surface area contributed by atoms with E-state index in [-0.39, 0.29) is 0 Å². The van der Waals surface area contributed by atoms with Gasteiger partial charge in [0.05, 0.1) is 12.1 Å². The second-order valence-corrected chi connectivity index (χ2v) is 4.34. The van der Waals surface area contributed by atoms with E-state index in [4.69, 9.17) is 16.3 Å². The van der Waals surface area contributed by atoms with Gasteiger partial charge in [-0.3, -0.25) is 4.79 Å². The van der Waals surface area contributed by atoms with Crippen LogP contribution < -0.4 is 4.74 Å². The van der Waals surface area contributed by atoms with Gasteiger partial charge in [-0.05, 0) is 29.7 Å². The van der Waals surface area contributed by atoms with Crippen LogP contribution in [0.5, 0.6) is 5.75 Å². The number of carbonyl (C=O) groups is 1. The summed E-state index contributed by atoms with van der Waals surface area (Å²) < 4.78 is 5.12. The molecule has 0 radical (unpaired) electrons. The average Bonchev–Trinajstić information content (AvgIpc) is 2.39. The summed E-state index contributed by atoms with van der Waals surface area (Å²) in [5, 5.41) is 0.615. The summed E-state index contributed by atoms with van der Waals surface area (Å²) in [6, 6.07) is 5.76. The maximum Gasteiger partial charge on any atom is 0.209 e. The Morgan fingerprint density at radius 2 is 2.29 bits per heavy atom. The number of hydrogen-bond acceptors (Lipinski definition) is 2. The molecule has 1 aliphatic rings. The van der Waals surface area contributed by atoms with Gasteiger partial charge in [-0.15, -0.1) is 0 Å².